The number of methoxy groups -OCH3 is 2. The van der Waals surface area contributed by atoms with Crippen LogP contribution < -0.4 is 9.47 Å². The first-order valence-corrected chi connectivity index (χ1v) is 9.12. The Morgan fingerprint density at radius 2 is 1.93 bits per heavy atom. The molecule has 1 aliphatic rings. The van der Waals surface area contributed by atoms with Gasteiger partial charge in [-0.3, -0.25) is 4.79 Å². The van der Waals surface area contributed by atoms with Crippen molar-refractivity contribution in [3.63, 3.8) is 0 Å². The average Bonchev–Trinajstić information content (AvgIpc) is 2.75. The Morgan fingerprint density at radius 1 is 1.21 bits per heavy atom. The van der Waals surface area contributed by atoms with Gasteiger partial charge in [-0.1, -0.05) is 12.1 Å². The summed E-state index contributed by atoms with van der Waals surface area (Å²) in [5.41, 5.74) is 0.140. The van der Waals surface area contributed by atoms with Crippen LogP contribution in [-0.4, -0.2) is 56.0 Å². The molecule has 8 heteroatoms. The van der Waals surface area contributed by atoms with E-state index in [0.29, 0.717) is 17.1 Å². The SMILES string of the molecule is COc1ccc([C@@H]2[C@@H](CO)OCCN2C(=O)c2c(F)ccc(C)c2F)cc1OC. The van der Waals surface area contributed by atoms with Crippen molar-refractivity contribution in [2.75, 3.05) is 34.0 Å². The number of carbonyl (C=O) groups is 1. The number of nitrogens with zero attached hydrogens (tertiary/aromatic N) is 1. The zero-order valence-electron chi connectivity index (χ0n) is 16.4. The van der Waals surface area contributed by atoms with Gasteiger partial charge in [0.2, 0.25) is 0 Å². The van der Waals surface area contributed by atoms with Crippen LogP contribution in [0.3, 0.4) is 0 Å². The van der Waals surface area contributed by atoms with Crippen LogP contribution in [0.5, 0.6) is 11.5 Å². The predicted molar refractivity (Wildman–Crippen MR) is 101 cm³/mol. The normalized spacial score (nSPS) is 19.2. The van der Waals surface area contributed by atoms with E-state index in [0.717, 1.165) is 6.07 Å². The van der Waals surface area contributed by atoms with E-state index < -0.39 is 35.3 Å². The Hall–Kier alpha value is -2.71. The summed E-state index contributed by atoms with van der Waals surface area (Å²) in [5, 5.41) is 9.81. The van der Waals surface area contributed by atoms with Gasteiger partial charge in [-0.05, 0) is 36.2 Å². The molecule has 1 fully saturated rings. The van der Waals surface area contributed by atoms with E-state index in [-0.39, 0.29) is 25.3 Å². The highest BCUT2D eigenvalue weighted by atomic mass is 19.1. The third-order valence-corrected chi connectivity index (χ3v) is 5.04. The van der Waals surface area contributed by atoms with Crippen LogP contribution in [-0.2, 0) is 4.74 Å². The van der Waals surface area contributed by atoms with Gasteiger partial charge in [0.1, 0.15) is 23.3 Å². The van der Waals surface area contributed by atoms with Crippen molar-refractivity contribution in [1.29, 1.82) is 0 Å². The first kappa shape index (κ1) is 21.0. The van der Waals surface area contributed by atoms with Gasteiger partial charge in [0.15, 0.2) is 11.5 Å². The van der Waals surface area contributed by atoms with Gasteiger partial charge in [0.05, 0.1) is 33.5 Å². The van der Waals surface area contributed by atoms with Crippen LogP contribution in [0.1, 0.15) is 27.5 Å². The lowest BCUT2D eigenvalue weighted by molar-refractivity contribution is -0.0813. The van der Waals surface area contributed by atoms with E-state index >= 15 is 0 Å². The smallest absolute Gasteiger partial charge is 0.260 e. The number of hydrogen-bond donors (Lipinski definition) is 1. The fraction of sp³-hybridized carbons (Fsp3) is 0.381. The third kappa shape index (κ3) is 3.90. The van der Waals surface area contributed by atoms with Gasteiger partial charge >= 0.3 is 0 Å². The molecular weight excluding hydrogens is 384 g/mol. The number of aryl methyl sites for hydroxylation is 1. The quantitative estimate of drug-likeness (QED) is 0.826. The Balaban J connectivity index is 2.07. The van der Waals surface area contributed by atoms with Gasteiger partial charge in [-0.15, -0.1) is 0 Å². The molecule has 1 aliphatic heterocycles. The molecular formula is C21H23F2NO5. The number of ether oxygens (including phenoxy) is 3. The molecule has 0 unspecified atom stereocenters. The minimum atomic E-state index is -0.934. The maximum Gasteiger partial charge on any atom is 0.260 e. The maximum absolute atomic E-state index is 14.6. The molecule has 2 aromatic carbocycles. The molecule has 0 aromatic heterocycles. The largest absolute Gasteiger partial charge is 0.493 e. The van der Waals surface area contributed by atoms with Crippen LogP contribution >= 0.6 is 0 Å². The predicted octanol–water partition coefficient (Wildman–Crippen LogP) is 2.87. The molecule has 1 N–H and O–H groups in total. The summed E-state index contributed by atoms with van der Waals surface area (Å²) < 4.78 is 45.1. The third-order valence-electron chi connectivity index (χ3n) is 5.04. The number of hydrogen-bond acceptors (Lipinski definition) is 5. The van der Waals surface area contributed by atoms with E-state index in [1.54, 1.807) is 18.2 Å². The summed E-state index contributed by atoms with van der Waals surface area (Å²) in [4.78, 5) is 14.5. The molecule has 0 aliphatic carbocycles. The zero-order valence-corrected chi connectivity index (χ0v) is 16.4. The van der Waals surface area contributed by atoms with Crippen molar-refractivity contribution < 1.29 is 32.9 Å². The van der Waals surface area contributed by atoms with Crippen molar-refractivity contribution in [3.8, 4) is 11.5 Å². The molecule has 0 bridgehead atoms. The lowest BCUT2D eigenvalue weighted by Crippen LogP contribution is -2.49. The number of halogens is 2. The molecule has 2 aromatic rings. The molecule has 1 amide bonds. The van der Waals surface area contributed by atoms with E-state index in [9.17, 15) is 18.7 Å². The summed E-state index contributed by atoms with van der Waals surface area (Å²) >= 11 is 0. The molecule has 3 rings (SSSR count). The highest BCUT2D eigenvalue weighted by Gasteiger charge is 2.38. The van der Waals surface area contributed by atoms with Crippen LogP contribution in [0.4, 0.5) is 8.78 Å². The molecule has 156 valence electrons. The van der Waals surface area contributed by atoms with E-state index in [1.165, 1.54) is 32.1 Å². The number of amides is 1. The highest BCUT2D eigenvalue weighted by molar-refractivity contribution is 5.95. The monoisotopic (exact) mass is 407 g/mol. The average molecular weight is 407 g/mol. The maximum atomic E-state index is 14.6. The van der Waals surface area contributed by atoms with Crippen molar-refractivity contribution >= 4 is 5.91 Å². The van der Waals surface area contributed by atoms with Crippen molar-refractivity contribution in [2.45, 2.75) is 19.1 Å². The molecule has 29 heavy (non-hydrogen) atoms. The standard InChI is InChI=1S/C21H23F2NO5/c1-12-4-6-14(22)18(19(12)23)21(26)24-8-9-29-17(11-25)20(24)13-5-7-15(27-2)16(10-13)28-3/h4-7,10,17,20,25H,8-9,11H2,1-3H3/t17-,20-/m1/s1. The van der Waals surface area contributed by atoms with Gasteiger partial charge in [-0.25, -0.2) is 8.78 Å². The lowest BCUT2D eigenvalue weighted by atomic mass is 9.96. The summed E-state index contributed by atoms with van der Waals surface area (Å²) in [7, 11) is 2.97. The van der Waals surface area contributed by atoms with Gasteiger partial charge in [0, 0.05) is 6.54 Å². The second kappa shape index (κ2) is 8.75. The van der Waals surface area contributed by atoms with Gasteiger partial charge in [-0.2, -0.15) is 0 Å². The van der Waals surface area contributed by atoms with Crippen LogP contribution in [0, 0.1) is 18.6 Å². The van der Waals surface area contributed by atoms with Crippen molar-refractivity contribution in [2.24, 2.45) is 0 Å². The molecule has 1 saturated heterocycles. The van der Waals surface area contributed by atoms with Crippen LogP contribution in [0.2, 0.25) is 0 Å². The van der Waals surface area contributed by atoms with Crippen molar-refractivity contribution in [1.82, 2.24) is 4.90 Å². The number of morpholine rings is 1. The summed E-state index contributed by atoms with van der Waals surface area (Å²) in [5.74, 6) is -1.72. The summed E-state index contributed by atoms with van der Waals surface area (Å²) in [6.45, 7) is 1.34. The van der Waals surface area contributed by atoms with Crippen LogP contribution in [0.25, 0.3) is 0 Å². The topological polar surface area (TPSA) is 68.2 Å². The minimum absolute atomic E-state index is 0.112. The Kier molecular flexibility index (Phi) is 6.34. The minimum Gasteiger partial charge on any atom is -0.493 e. The van der Waals surface area contributed by atoms with E-state index in [1.807, 2.05) is 0 Å². The number of aliphatic hydroxyl groups is 1. The summed E-state index contributed by atoms with van der Waals surface area (Å²) in [6.07, 6.45) is -0.762. The Labute approximate surface area is 167 Å². The molecule has 0 spiro atoms. The molecule has 6 nitrogen and oxygen atoms in total. The summed E-state index contributed by atoms with van der Waals surface area (Å²) in [6, 6.07) is 6.61. The van der Waals surface area contributed by atoms with Crippen LogP contribution in [0.15, 0.2) is 30.3 Å². The zero-order chi connectivity index (χ0) is 21.1. The second-order valence-corrected chi connectivity index (χ2v) is 6.70. The first-order valence-electron chi connectivity index (χ1n) is 9.12. The van der Waals surface area contributed by atoms with E-state index in [4.69, 9.17) is 14.2 Å². The lowest BCUT2D eigenvalue weighted by Gasteiger charge is -2.41. The van der Waals surface area contributed by atoms with Crippen molar-refractivity contribution in [3.05, 3.63) is 58.7 Å². The number of rotatable bonds is 5. The van der Waals surface area contributed by atoms with Gasteiger partial charge < -0.3 is 24.2 Å². The van der Waals surface area contributed by atoms with Gasteiger partial charge in [0.25, 0.3) is 5.91 Å². The number of benzene rings is 2. The fourth-order valence-corrected chi connectivity index (χ4v) is 3.54. The first-order chi connectivity index (χ1) is 13.9. The fourth-order valence-electron chi connectivity index (χ4n) is 3.54. The van der Waals surface area contributed by atoms with E-state index in [2.05, 4.69) is 0 Å². The number of aliphatic hydroxyl groups excluding tert-OH is 1. The Bertz CT molecular complexity index is 905. The molecule has 2 atom stereocenters. The molecule has 1 heterocycles. The Morgan fingerprint density at radius 3 is 2.59 bits per heavy atom. The highest BCUT2D eigenvalue weighted by Crippen LogP contribution is 2.36. The second-order valence-electron chi connectivity index (χ2n) is 6.70. The molecule has 0 radical (unpaired) electrons. The number of carbonyl (C=O) groups excluding carboxylic acids is 1. The molecule has 0 saturated carbocycles.